The number of benzene rings is 2. The van der Waals surface area contributed by atoms with Crippen molar-refractivity contribution in [2.45, 2.75) is 0 Å². The zero-order chi connectivity index (χ0) is 16.4. The molecule has 23 heavy (non-hydrogen) atoms. The molecule has 0 aliphatic heterocycles. The van der Waals surface area contributed by atoms with Crippen molar-refractivity contribution in [3.05, 3.63) is 59.2 Å². The number of methoxy groups -OCH3 is 1. The Morgan fingerprint density at radius 1 is 1.17 bits per heavy atom. The smallest absolute Gasteiger partial charge is 0.248 e. The minimum atomic E-state index is -0.468. The third-order valence-electron chi connectivity index (χ3n) is 3.37. The molecule has 0 fully saturated rings. The molecule has 3 rings (SSSR count). The first-order valence-corrected chi connectivity index (χ1v) is 7.66. The van der Waals surface area contributed by atoms with Gasteiger partial charge in [-0.15, -0.1) is 11.3 Å². The van der Waals surface area contributed by atoms with Crippen LogP contribution in [0.3, 0.4) is 0 Å². The molecule has 0 unspecified atom stereocenters. The van der Waals surface area contributed by atoms with Crippen LogP contribution in [0.4, 0.5) is 4.39 Å². The summed E-state index contributed by atoms with van der Waals surface area (Å²) in [6, 6.07) is 11.6. The van der Waals surface area contributed by atoms with Crippen molar-refractivity contribution < 1.29 is 13.9 Å². The summed E-state index contributed by atoms with van der Waals surface area (Å²) in [7, 11) is 1.43. The molecular formula is C17H13FN2O2S. The maximum Gasteiger partial charge on any atom is 0.248 e. The predicted molar refractivity (Wildman–Crippen MR) is 88.0 cm³/mol. The number of aromatic nitrogens is 1. The Morgan fingerprint density at radius 3 is 2.48 bits per heavy atom. The lowest BCUT2D eigenvalue weighted by Crippen LogP contribution is -2.10. The molecule has 0 radical (unpaired) electrons. The van der Waals surface area contributed by atoms with Crippen LogP contribution in [0.5, 0.6) is 5.75 Å². The number of halogens is 1. The molecule has 1 amide bonds. The molecule has 0 atom stereocenters. The SMILES string of the molecule is COc1ccc(-c2csc(-c3ccc(C(N)=O)cc3)n2)cc1F. The predicted octanol–water partition coefficient (Wildman–Crippen LogP) is 3.72. The van der Waals surface area contributed by atoms with Crippen molar-refractivity contribution in [3.8, 4) is 27.6 Å². The van der Waals surface area contributed by atoms with Crippen LogP contribution in [0.25, 0.3) is 21.8 Å². The van der Waals surface area contributed by atoms with Crippen LogP contribution in [0.15, 0.2) is 47.8 Å². The van der Waals surface area contributed by atoms with Crippen molar-refractivity contribution in [2.24, 2.45) is 5.73 Å². The van der Waals surface area contributed by atoms with E-state index in [-0.39, 0.29) is 5.75 Å². The average molecular weight is 328 g/mol. The van der Waals surface area contributed by atoms with Crippen molar-refractivity contribution >= 4 is 17.2 Å². The van der Waals surface area contributed by atoms with Gasteiger partial charge in [-0.25, -0.2) is 9.37 Å². The summed E-state index contributed by atoms with van der Waals surface area (Å²) >= 11 is 1.45. The Labute approximate surface area is 136 Å². The number of nitrogens with zero attached hydrogens (tertiary/aromatic N) is 1. The number of carbonyl (C=O) groups is 1. The van der Waals surface area contributed by atoms with Gasteiger partial charge < -0.3 is 10.5 Å². The molecule has 0 aliphatic rings. The second-order valence-corrected chi connectivity index (χ2v) is 5.69. The van der Waals surface area contributed by atoms with Crippen molar-refractivity contribution in [1.82, 2.24) is 4.98 Å². The summed E-state index contributed by atoms with van der Waals surface area (Å²) in [4.78, 5) is 15.6. The molecule has 1 heterocycles. The first-order chi connectivity index (χ1) is 11.1. The minimum absolute atomic E-state index is 0.200. The third kappa shape index (κ3) is 3.07. The molecule has 3 aromatic rings. The van der Waals surface area contributed by atoms with Crippen LogP contribution in [0.1, 0.15) is 10.4 Å². The second-order valence-electron chi connectivity index (χ2n) is 4.83. The number of hydrogen-bond donors (Lipinski definition) is 1. The lowest BCUT2D eigenvalue weighted by molar-refractivity contribution is 0.100. The highest BCUT2D eigenvalue weighted by Crippen LogP contribution is 2.30. The monoisotopic (exact) mass is 328 g/mol. The van der Waals surface area contributed by atoms with E-state index in [4.69, 9.17) is 10.5 Å². The topological polar surface area (TPSA) is 65.2 Å². The summed E-state index contributed by atoms with van der Waals surface area (Å²) in [6.45, 7) is 0. The molecule has 0 spiro atoms. The van der Waals surface area contributed by atoms with Crippen LogP contribution in [-0.2, 0) is 0 Å². The number of amides is 1. The van der Waals surface area contributed by atoms with E-state index >= 15 is 0 Å². The number of thiazole rings is 1. The Balaban J connectivity index is 1.91. The van der Waals surface area contributed by atoms with Crippen LogP contribution in [0, 0.1) is 5.82 Å². The van der Waals surface area contributed by atoms with Gasteiger partial charge in [-0.1, -0.05) is 12.1 Å². The minimum Gasteiger partial charge on any atom is -0.494 e. The van der Waals surface area contributed by atoms with Gasteiger partial charge in [-0.3, -0.25) is 4.79 Å². The summed E-state index contributed by atoms with van der Waals surface area (Å²) in [6.07, 6.45) is 0. The Bertz CT molecular complexity index is 859. The Morgan fingerprint density at radius 2 is 1.87 bits per heavy atom. The molecule has 116 valence electrons. The average Bonchev–Trinajstić information content (AvgIpc) is 3.05. The number of carbonyl (C=O) groups excluding carboxylic acids is 1. The first kappa shape index (κ1) is 15.2. The highest BCUT2D eigenvalue weighted by atomic mass is 32.1. The van der Waals surface area contributed by atoms with Gasteiger partial charge in [0.25, 0.3) is 0 Å². The van der Waals surface area contributed by atoms with E-state index in [0.717, 1.165) is 10.6 Å². The van der Waals surface area contributed by atoms with E-state index in [1.54, 1.807) is 36.4 Å². The lowest BCUT2D eigenvalue weighted by Gasteiger charge is -2.03. The normalized spacial score (nSPS) is 10.5. The van der Waals surface area contributed by atoms with E-state index in [1.165, 1.54) is 24.5 Å². The zero-order valence-corrected chi connectivity index (χ0v) is 13.1. The zero-order valence-electron chi connectivity index (χ0n) is 12.2. The molecule has 0 saturated heterocycles. The molecule has 0 saturated carbocycles. The summed E-state index contributed by atoms with van der Waals surface area (Å²) in [5, 5.41) is 2.64. The number of primary amides is 1. The van der Waals surface area contributed by atoms with Gasteiger partial charge in [-0.2, -0.15) is 0 Å². The van der Waals surface area contributed by atoms with Gasteiger partial charge in [0.15, 0.2) is 11.6 Å². The fraction of sp³-hybridized carbons (Fsp3) is 0.0588. The maximum absolute atomic E-state index is 13.8. The van der Waals surface area contributed by atoms with Gasteiger partial charge in [0.1, 0.15) is 5.01 Å². The van der Waals surface area contributed by atoms with Gasteiger partial charge in [-0.05, 0) is 30.3 Å². The first-order valence-electron chi connectivity index (χ1n) is 6.78. The maximum atomic E-state index is 13.8. The van der Waals surface area contributed by atoms with Crippen LogP contribution >= 0.6 is 11.3 Å². The van der Waals surface area contributed by atoms with Crippen molar-refractivity contribution in [2.75, 3.05) is 7.11 Å². The summed E-state index contributed by atoms with van der Waals surface area (Å²) in [5.74, 6) is -0.693. The van der Waals surface area contributed by atoms with E-state index in [1.807, 2.05) is 5.38 Å². The van der Waals surface area contributed by atoms with Crippen LogP contribution in [-0.4, -0.2) is 18.0 Å². The highest BCUT2D eigenvalue weighted by Gasteiger charge is 2.10. The molecule has 0 aliphatic carbocycles. The number of rotatable bonds is 4. The second kappa shape index (κ2) is 6.18. The fourth-order valence-corrected chi connectivity index (χ4v) is 2.98. The highest BCUT2D eigenvalue weighted by molar-refractivity contribution is 7.13. The largest absolute Gasteiger partial charge is 0.494 e. The van der Waals surface area contributed by atoms with Gasteiger partial charge in [0.05, 0.1) is 12.8 Å². The standard InChI is InChI=1S/C17H13FN2O2S/c1-22-15-7-6-12(8-13(15)18)14-9-23-17(20-14)11-4-2-10(3-5-11)16(19)21/h2-9H,1H3,(H2,19,21). The molecule has 0 bridgehead atoms. The summed E-state index contributed by atoms with van der Waals surface area (Å²) in [5.41, 5.74) is 7.91. The van der Waals surface area contributed by atoms with E-state index in [0.29, 0.717) is 16.8 Å². The summed E-state index contributed by atoms with van der Waals surface area (Å²) < 4.78 is 18.7. The lowest BCUT2D eigenvalue weighted by atomic mass is 10.1. The molecule has 4 nitrogen and oxygen atoms in total. The van der Waals surface area contributed by atoms with Crippen LogP contribution < -0.4 is 10.5 Å². The van der Waals surface area contributed by atoms with Crippen molar-refractivity contribution in [1.29, 1.82) is 0 Å². The molecule has 2 aromatic carbocycles. The van der Waals surface area contributed by atoms with Crippen molar-refractivity contribution in [3.63, 3.8) is 0 Å². The van der Waals surface area contributed by atoms with E-state index in [9.17, 15) is 9.18 Å². The molecule has 2 N–H and O–H groups in total. The van der Waals surface area contributed by atoms with Gasteiger partial charge in [0.2, 0.25) is 5.91 Å². The number of ether oxygens (including phenoxy) is 1. The van der Waals surface area contributed by atoms with E-state index in [2.05, 4.69) is 4.98 Å². The van der Waals surface area contributed by atoms with E-state index < -0.39 is 11.7 Å². The Hall–Kier alpha value is -2.73. The van der Waals surface area contributed by atoms with Crippen LogP contribution in [0.2, 0.25) is 0 Å². The molecule has 1 aromatic heterocycles. The number of nitrogens with two attached hydrogens (primary N) is 1. The molecular weight excluding hydrogens is 315 g/mol. The fourth-order valence-electron chi connectivity index (χ4n) is 2.14. The third-order valence-corrected chi connectivity index (χ3v) is 4.26. The van der Waals surface area contributed by atoms with Gasteiger partial charge >= 0.3 is 0 Å². The quantitative estimate of drug-likeness (QED) is 0.794. The van der Waals surface area contributed by atoms with Gasteiger partial charge in [0, 0.05) is 22.1 Å². The molecule has 6 heteroatoms. The Kier molecular flexibility index (Phi) is 4.08. The number of hydrogen-bond acceptors (Lipinski definition) is 4.